The Hall–Kier alpha value is 0.180. The van der Waals surface area contributed by atoms with Gasteiger partial charge in [0.1, 0.15) is 5.37 Å². The third-order valence-corrected chi connectivity index (χ3v) is 6.28. The first-order chi connectivity index (χ1) is 8.41. The van der Waals surface area contributed by atoms with Crippen molar-refractivity contribution < 1.29 is 13.2 Å². The Labute approximate surface area is 114 Å². The average Bonchev–Trinajstić information content (AvgIpc) is 2.35. The lowest BCUT2D eigenvalue weighted by atomic mass is 9.94. The van der Waals surface area contributed by atoms with Crippen LogP contribution in [0, 0.1) is 0 Å². The second-order valence-corrected chi connectivity index (χ2v) is 8.12. The number of ether oxygens (including phenoxy) is 1. The van der Waals surface area contributed by atoms with Gasteiger partial charge in [0.25, 0.3) is 0 Å². The Balaban J connectivity index is 3.06. The highest BCUT2D eigenvalue weighted by Gasteiger charge is 2.43. The summed E-state index contributed by atoms with van der Waals surface area (Å²) in [4.78, 5) is 2.04. The molecule has 0 aromatic carbocycles. The fraction of sp³-hybridized carbons (Fsp3) is 1.00. The summed E-state index contributed by atoms with van der Waals surface area (Å²) < 4.78 is 29.2. The van der Waals surface area contributed by atoms with E-state index >= 15 is 0 Å². The third-order valence-electron chi connectivity index (χ3n) is 3.64. The van der Waals surface area contributed by atoms with Crippen molar-refractivity contribution in [3.63, 3.8) is 0 Å². The summed E-state index contributed by atoms with van der Waals surface area (Å²) in [6.07, 6.45) is 2.09. The maximum Gasteiger partial charge on any atom is 0.164 e. The second kappa shape index (κ2) is 6.56. The van der Waals surface area contributed by atoms with Crippen LogP contribution in [0.15, 0.2) is 0 Å². The van der Waals surface area contributed by atoms with E-state index in [1.807, 2.05) is 11.8 Å². The predicted molar refractivity (Wildman–Crippen MR) is 76.6 cm³/mol. The fourth-order valence-electron chi connectivity index (χ4n) is 2.46. The molecule has 0 radical (unpaired) electrons. The molecular formula is C11H24N2O3S2. The lowest BCUT2D eigenvalue weighted by Crippen LogP contribution is -2.64. The van der Waals surface area contributed by atoms with Crippen LogP contribution in [-0.2, 0) is 14.6 Å². The summed E-state index contributed by atoms with van der Waals surface area (Å²) in [5.74, 6) is 1.56. The summed E-state index contributed by atoms with van der Waals surface area (Å²) in [5, 5.41) is -0.449. The van der Waals surface area contributed by atoms with Crippen molar-refractivity contribution in [3.8, 4) is 0 Å². The average molecular weight is 296 g/mol. The number of methoxy groups -OCH3 is 1. The smallest absolute Gasteiger partial charge is 0.164 e. The number of thioether (sulfide) groups is 1. The molecule has 0 saturated carbocycles. The first kappa shape index (κ1) is 16.2. The van der Waals surface area contributed by atoms with Crippen molar-refractivity contribution in [1.29, 1.82) is 0 Å². The van der Waals surface area contributed by atoms with Gasteiger partial charge in [-0.15, -0.1) is 0 Å². The lowest BCUT2D eigenvalue weighted by Gasteiger charge is -2.47. The van der Waals surface area contributed by atoms with Crippen LogP contribution in [0.4, 0.5) is 0 Å². The SMILES string of the molecule is CCC(CN)(COC)N1CCSCC1S(C)(=O)=O. The fourth-order valence-corrected chi connectivity index (χ4v) is 5.40. The summed E-state index contributed by atoms with van der Waals surface area (Å²) >= 11 is 1.69. The van der Waals surface area contributed by atoms with Crippen molar-refractivity contribution in [1.82, 2.24) is 4.90 Å². The van der Waals surface area contributed by atoms with E-state index in [4.69, 9.17) is 10.5 Å². The predicted octanol–water partition coefficient (Wildman–Crippen LogP) is 0.160. The number of hydrogen-bond acceptors (Lipinski definition) is 6. The van der Waals surface area contributed by atoms with Gasteiger partial charge in [-0.2, -0.15) is 11.8 Å². The molecule has 108 valence electrons. The Morgan fingerprint density at radius 1 is 1.56 bits per heavy atom. The van der Waals surface area contributed by atoms with Gasteiger partial charge in [0.15, 0.2) is 9.84 Å². The number of rotatable bonds is 6. The van der Waals surface area contributed by atoms with Gasteiger partial charge in [-0.3, -0.25) is 4.90 Å². The lowest BCUT2D eigenvalue weighted by molar-refractivity contribution is 0.00901. The molecule has 1 rings (SSSR count). The molecule has 18 heavy (non-hydrogen) atoms. The molecule has 2 unspecified atom stereocenters. The molecule has 7 heteroatoms. The molecule has 5 nitrogen and oxygen atoms in total. The van der Waals surface area contributed by atoms with Gasteiger partial charge >= 0.3 is 0 Å². The molecule has 1 fully saturated rings. The zero-order valence-electron chi connectivity index (χ0n) is 11.4. The van der Waals surface area contributed by atoms with Crippen LogP contribution in [0.2, 0.25) is 0 Å². The van der Waals surface area contributed by atoms with Crippen molar-refractivity contribution in [2.45, 2.75) is 24.3 Å². The van der Waals surface area contributed by atoms with Gasteiger partial charge in [-0.25, -0.2) is 8.42 Å². The molecule has 0 spiro atoms. The molecule has 2 N–H and O–H groups in total. The van der Waals surface area contributed by atoms with Crippen LogP contribution in [0.1, 0.15) is 13.3 Å². The largest absolute Gasteiger partial charge is 0.383 e. The third kappa shape index (κ3) is 3.39. The highest BCUT2D eigenvalue weighted by atomic mass is 32.2. The van der Waals surface area contributed by atoms with Gasteiger partial charge in [-0.1, -0.05) is 6.92 Å². The zero-order chi connectivity index (χ0) is 13.8. The van der Waals surface area contributed by atoms with Gasteiger partial charge < -0.3 is 10.5 Å². The van der Waals surface area contributed by atoms with E-state index in [2.05, 4.69) is 0 Å². The van der Waals surface area contributed by atoms with Crippen LogP contribution < -0.4 is 5.73 Å². The molecule has 0 bridgehead atoms. The van der Waals surface area contributed by atoms with Crippen molar-refractivity contribution in [2.24, 2.45) is 5.73 Å². The molecule has 1 heterocycles. The van der Waals surface area contributed by atoms with Crippen LogP contribution in [0.5, 0.6) is 0 Å². The number of hydrogen-bond donors (Lipinski definition) is 1. The topological polar surface area (TPSA) is 72.6 Å². The Morgan fingerprint density at radius 3 is 2.67 bits per heavy atom. The van der Waals surface area contributed by atoms with E-state index in [-0.39, 0.29) is 5.54 Å². The van der Waals surface area contributed by atoms with E-state index in [0.29, 0.717) is 18.9 Å². The van der Waals surface area contributed by atoms with Crippen molar-refractivity contribution in [3.05, 3.63) is 0 Å². The zero-order valence-corrected chi connectivity index (χ0v) is 13.0. The number of nitrogens with zero attached hydrogens (tertiary/aromatic N) is 1. The molecule has 0 aliphatic carbocycles. The van der Waals surface area contributed by atoms with Gasteiger partial charge in [-0.05, 0) is 6.42 Å². The minimum absolute atomic E-state index is 0.372. The Bertz CT molecular complexity index is 355. The molecule has 0 amide bonds. The monoisotopic (exact) mass is 296 g/mol. The second-order valence-electron chi connectivity index (χ2n) is 4.77. The molecule has 1 aliphatic rings. The maximum atomic E-state index is 11.9. The molecule has 1 saturated heterocycles. The maximum absolute atomic E-state index is 11.9. The molecule has 2 atom stereocenters. The Morgan fingerprint density at radius 2 is 2.22 bits per heavy atom. The molecule has 0 aromatic heterocycles. The molecular weight excluding hydrogens is 272 g/mol. The van der Waals surface area contributed by atoms with E-state index < -0.39 is 15.2 Å². The van der Waals surface area contributed by atoms with Crippen molar-refractivity contribution >= 4 is 21.6 Å². The summed E-state index contributed by atoms with van der Waals surface area (Å²) in [6, 6.07) is 0. The summed E-state index contributed by atoms with van der Waals surface area (Å²) in [7, 11) is -1.47. The van der Waals surface area contributed by atoms with Gasteiger partial charge in [0, 0.05) is 38.0 Å². The highest BCUT2D eigenvalue weighted by molar-refractivity contribution is 8.00. The van der Waals surface area contributed by atoms with E-state index in [9.17, 15) is 8.42 Å². The van der Waals surface area contributed by atoms with Gasteiger partial charge in [0.2, 0.25) is 0 Å². The van der Waals surface area contributed by atoms with Gasteiger partial charge in [0.05, 0.1) is 12.1 Å². The van der Waals surface area contributed by atoms with Crippen molar-refractivity contribution in [2.75, 3.05) is 44.6 Å². The van der Waals surface area contributed by atoms with E-state index in [0.717, 1.165) is 18.7 Å². The molecule has 0 aromatic rings. The minimum Gasteiger partial charge on any atom is -0.383 e. The summed E-state index contributed by atoms with van der Waals surface area (Å²) in [5.41, 5.74) is 5.55. The first-order valence-electron chi connectivity index (χ1n) is 6.13. The van der Waals surface area contributed by atoms with E-state index in [1.54, 1.807) is 18.9 Å². The minimum atomic E-state index is -3.10. The van der Waals surface area contributed by atoms with Crippen LogP contribution in [-0.4, -0.2) is 68.8 Å². The number of nitrogens with two attached hydrogens (primary N) is 1. The molecule has 1 aliphatic heterocycles. The Kier molecular flexibility index (Phi) is 5.92. The highest BCUT2D eigenvalue weighted by Crippen LogP contribution is 2.30. The number of sulfone groups is 1. The van der Waals surface area contributed by atoms with Crippen LogP contribution >= 0.6 is 11.8 Å². The van der Waals surface area contributed by atoms with Crippen LogP contribution in [0.25, 0.3) is 0 Å². The standard InChI is InChI=1S/C11H24N2O3S2/c1-4-11(8-12,9-16-2)13-5-6-17-7-10(13)18(3,14)15/h10H,4-9,12H2,1-3H3. The summed E-state index contributed by atoms with van der Waals surface area (Å²) in [6.45, 7) is 3.66. The quantitative estimate of drug-likeness (QED) is 0.753. The normalized spacial score (nSPS) is 25.9. The first-order valence-corrected chi connectivity index (χ1v) is 9.24. The van der Waals surface area contributed by atoms with Crippen LogP contribution in [0.3, 0.4) is 0 Å². The van der Waals surface area contributed by atoms with E-state index in [1.165, 1.54) is 6.26 Å².